The van der Waals surface area contributed by atoms with Gasteiger partial charge in [0.1, 0.15) is 11.6 Å². The highest BCUT2D eigenvalue weighted by Crippen LogP contribution is 2.19. The minimum atomic E-state index is -0.692. The minimum absolute atomic E-state index is 0.0748. The molecule has 0 radical (unpaired) electrons. The highest BCUT2D eigenvalue weighted by molar-refractivity contribution is 9.10. The first-order chi connectivity index (χ1) is 8.97. The Hall–Kier alpha value is -1.55. The minimum Gasteiger partial charge on any atom is -0.294 e. The molecule has 2 rings (SSSR count). The van der Waals surface area contributed by atoms with Crippen LogP contribution >= 0.6 is 15.9 Å². The molecular formula is C15H11BrF2O. The zero-order chi connectivity index (χ0) is 14.0. The van der Waals surface area contributed by atoms with Gasteiger partial charge in [0.05, 0.1) is 0 Å². The predicted octanol–water partition coefficient (Wildman–Crippen LogP) is 4.46. The topological polar surface area (TPSA) is 17.1 Å². The van der Waals surface area contributed by atoms with Crippen molar-refractivity contribution < 1.29 is 13.6 Å². The van der Waals surface area contributed by atoms with Gasteiger partial charge in [-0.3, -0.25) is 4.79 Å². The Morgan fingerprint density at radius 1 is 1.16 bits per heavy atom. The van der Waals surface area contributed by atoms with Gasteiger partial charge in [-0.25, -0.2) is 8.78 Å². The molecule has 0 saturated carbocycles. The summed E-state index contributed by atoms with van der Waals surface area (Å²) in [7, 11) is 0. The number of ketones is 1. The van der Waals surface area contributed by atoms with Gasteiger partial charge in [-0.2, -0.15) is 0 Å². The molecule has 0 atom stereocenters. The normalized spacial score (nSPS) is 10.5. The molecule has 0 spiro atoms. The van der Waals surface area contributed by atoms with E-state index in [0.717, 1.165) is 22.2 Å². The largest absolute Gasteiger partial charge is 0.294 e. The quantitative estimate of drug-likeness (QED) is 0.762. The van der Waals surface area contributed by atoms with Crippen molar-refractivity contribution in [3.8, 4) is 0 Å². The SMILES string of the molecule is Cc1cc(Br)ccc1C(=O)Cc1ccc(F)cc1F. The molecule has 0 aromatic heterocycles. The maximum absolute atomic E-state index is 13.5. The molecule has 0 saturated heterocycles. The number of carbonyl (C=O) groups excluding carboxylic acids is 1. The fourth-order valence-corrected chi connectivity index (χ4v) is 2.35. The number of Topliss-reactive ketones (excluding diaryl/α,β-unsaturated/α-hetero) is 1. The molecule has 98 valence electrons. The van der Waals surface area contributed by atoms with Gasteiger partial charge < -0.3 is 0 Å². The summed E-state index contributed by atoms with van der Waals surface area (Å²) in [6.07, 6.45) is -0.0748. The van der Waals surface area contributed by atoms with Crippen LogP contribution in [0.15, 0.2) is 40.9 Å². The lowest BCUT2D eigenvalue weighted by molar-refractivity contribution is 0.0991. The molecule has 4 heteroatoms. The third kappa shape index (κ3) is 3.26. The lowest BCUT2D eigenvalue weighted by Crippen LogP contribution is -2.07. The summed E-state index contributed by atoms with van der Waals surface area (Å²) >= 11 is 3.32. The molecular weight excluding hydrogens is 314 g/mol. The maximum atomic E-state index is 13.5. The number of benzene rings is 2. The van der Waals surface area contributed by atoms with Gasteiger partial charge in [-0.05, 0) is 36.2 Å². The van der Waals surface area contributed by atoms with Crippen molar-refractivity contribution in [2.24, 2.45) is 0 Å². The Morgan fingerprint density at radius 3 is 2.53 bits per heavy atom. The molecule has 19 heavy (non-hydrogen) atoms. The average molecular weight is 325 g/mol. The van der Waals surface area contributed by atoms with E-state index >= 15 is 0 Å². The first-order valence-corrected chi connectivity index (χ1v) is 6.50. The van der Waals surface area contributed by atoms with Gasteiger partial charge in [0.15, 0.2) is 5.78 Å². The number of hydrogen-bond acceptors (Lipinski definition) is 1. The van der Waals surface area contributed by atoms with Gasteiger partial charge in [-0.1, -0.05) is 28.1 Å². The monoisotopic (exact) mass is 324 g/mol. The molecule has 0 heterocycles. The second-order valence-corrected chi connectivity index (χ2v) is 5.21. The molecule has 0 aliphatic heterocycles. The molecule has 0 fully saturated rings. The smallest absolute Gasteiger partial charge is 0.167 e. The van der Waals surface area contributed by atoms with E-state index in [1.165, 1.54) is 6.07 Å². The molecule has 2 aromatic rings. The van der Waals surface area contributed by atoms with E-state index in [2.05, 4.69) is 15.9 Å². The van der Waals surface area contributed by atoms with Crippen LogP contribution in [-0.2, 0) is 6.42 Å². The average Bonchev–Trinajstić information content (AvgIpc) is 2.32. The van der Waals surface area contributed by atoms with Crippen LogP contribution in [-0.4, -0.2) is 5.78 Å². The third-order valence-electron chi connectivity index (χ3n) is 2.85. The van der Waals surface area contributed by atoms with Crippen LogP contribution in [0, 0.1) is 18.6 Å². The van der Waals surface area contributed by atoms with Crippen molar-refractivity contribution in [3.63, 3.8) is 0 Å². The predicted molar refractivity (Wildman–Crippen MR) is 73.3 cm³/mol. The number of halogens is 3. The summed E-state index contributed by atoms with van der Waals surface area (Å²) in [4.78, 5) is 12.1. The van der Waals surface area contributed by atoms with E-state index in [1.807, 2.05) is 13.0 Å². The Balaban J connectivity index is 2.25. The molecule has 0 N–H and O–H groups in total. The maximum Gasteiger partial charge on any atom is 0.167 e. The molecule has 0 bridgehead atoms. The second kappa shape index (κ2) is 5.61. The van der Waals surface area contributed by atoms with Crippen LogP contribution in [0.4, 0.5) is 8.78 Å². The Bertz CT molecular complexity index is 638. The number of aryl methyl sites for hydroxylation is 1. The molecule has 1 nitrogen and oxygen atoms in total. The Morgan fingerprint density at radius 2 is 1.89 bits per heavy atom. The van der Waals surface area contributed by atoms with Gasteiger partial charge >= 0.3 is 0 Å². The van der Waals surface area contributed by atoms with Crippen LogP contribution in [0.5, 0.6) is 0 Å². The zero-order valence-electron chi connectivity index (χ0n) is 10.2. The molecule has 0 amide bonds. The van der Waals surface area contributed by atoms with E-state index in [9.17, 15) is 13.6 Å². The molecule has 2 aromatic carbocycles. The first kappa shape index (κ1) is 13.9. The van der Waals surface area contributed by atoms with Crippen molar-refractivity contribution in [1.82, 2.24) is 0 Å². The van der Waals surface area contributed by atoms with Crippen molar-refractivity contribution in [2.75, 3.05) is 0 Å². The highest BCUT2D eigenvalue weighted by atomic mass is 79.9. The summed E-state index contributed by atoms with van der Waals surface area (Å²) in [5.41, 5.74) is 1.57. The van der Waals surface area contributed by atoms with Crippen molar-refractivity contribution in [1.29, 1.82) is 0 Å². The van der Waals surface area contributed by atoms with Gasteiger partial charge in [-0.15, -0.1) is 0 Å². The van der Waals surface area contributed by atoms with Crippen LogP contribution < -0.4 is 0 Å². The van der Waals surface area contributed by atoms with E-state index < -0.39 is 11.6 Å². The highest BCUT2D eigenvalue weighted by Gasteiger charge is 2.13. The van der Waals surface area contributed by atoms with Crippen molar-refractivity contribution in [3.05, 3.63) is 69.2 Å². The zero-order valence-corrected chi connectivity index (χ0v) is 11.8. The molecule has 0 aliphatic rings. The van der Waals surface area contributed by atoms with Gasteiger partial charge in [0.25, 0.3) is 0 Å². The van der Waals surface area contributed by atoms with Crippen LogP contribution in [0.1, 0.15) is 21.5 Å². The lowest BCUT2D eigenvalue weighted by Gasteiger charge is -2.06. The van der Waals surface area contributed by atoms with Gasteiger partial charge in [0, 0.05) is 22.5 Å². The number of rotatable bonds is 3. The second-order valence-electron chi connectivity index (χ2n) is 4.29. The standard InChI is InChI=1S/C15H11BrF2O/c1-9-6-11(16)3-5-13(9)15(19)7-10-2-4-12(17)8-14(10)18/h2-6,8H,7H2,1H3. The number of carbonyl (C=O) groups is 1. The van der Waals surface area contributed by atoms with Gasteiger partial charge in [0.2, 0.25) is 0 Å². The number of hydrogen-bond donors (Lipinski definition) is 0. The van der Waals surface area contributed by atoms with E-state index in [-0.39, 0.29) is 17.8 Å². The lowest BCUT2D eigenvalue weighted by atomic mass is 9.99. The van der Waals surface area contributed by atoms with E-state index in [1.54, 1.807) is 12.1 Å². The van der Waals surface area contributed by atoms with Crippen LogP contribution in [0.3, 0.4) is 0 Å². The molecule has 0 aliphatic carbocycles. The summed E-state index contributed by atoms with van der Waals surface area (Å²) < 4.78 is 27.2. The first-order valence-electron chi connectivity index (χ1n) is 5.70. The van der Waals surface area contributed by atoms with E-state index in [0.29, 0.717) is 5.56 Å². The summed E-state index contributed by atoms with van der Waals surface area (Å²) in [6.45, 7) is 1.82. The molecule has 0 unspecified atom stereocenters. The van der Waals surface area contributed by atoms with Crippen molar-refractivity contribution >= 4 is 21.7 Å². The summed E-state index contributed by atoms with van der Waals surface area (Å²) in [6, 6.07) is 8.53. The third-order valence-corrected chi connectivity index (χ3v) is 3.35. The fourth-order valence-electron chi connectivity index (χ4n) is 1.87. The van der Waals surface area contributed by atoms with Crippen molar-refractivity contribution in [2.45, 2.75) is 13.3 Å². The Kier molecular flexibility index (Phi) is 4.10. The summed E-state index contributed by atoms with van der Waals surface area (Å²) in [5, 5.41) is 0. The Labute approximate surface area is 118 Å². The van der Waals surface area contributed by atoms with E-state index in [4.69, 9.17) is 0 Å². The van der Waals surface area contributed by atoms with Crippen LogP contribution in [0.25, 0.3) is 0 Å². The van der Waals surface area contributed by atoms with Crippen LogP contribution in [0.2, 0.25) is 0 Å². The summed E-state index contributed by atoms with van der Waals surface area (Å²) in [5.74, 6) is -1.52. The fraction of sp³-hybridized carbons (Fsp3) is 0.133.